The fraction of sp³-hybridized carbons (Fsp3) is 0.486. The van der Waals surface area contributed by atoms with Crippen LogP contribution in [0.15, 0.2) is 59.2 Å². The summed E-state index contributed by atoms with van der Waals surface area (Å²) in [5, 5.41) is 13.9. The summed E-state index contributed by atoms with van der Waals surface area (Å²) in [6.07, 6.45) is 5.46. The van der Waals surface area contributed by atoms with Gasteiger partial charge in [0.2, 0.25) is 35.4 Å². The van der Waals surface area contributed by atoms with Gasteiger partial charge in [0.1, 0.15) is 17.8 Å². The van der Waals surface area contributed by atoms with Crippen LogP contribution in [0.2, 0.25) is 0 Å². The monoisotopic (exact) mass is 693 g/mol. The summed E-state index contributed by atoms with van der Waals surface area (Å²) in [4.78, 5) is 80.1. The second-order valence-corrected chi connectivity index (χ2v) is 12.3. The van der Waals surface area contributed by atoms with Crippen molar-refractivity contribution in [3.63, 3.8) is 0 Å². The minimum atomic E-state index is -0.979. The maximum absolute atomic E-state index is 13.5. The quantitative estimate of drug-likeness (QED) is 0.195. The molecule has 1 fully saturated rings. The molecule has 270 valence electrons. The number of amides is 6. The number of furan rings is 1. The lowest BCUT2D eigenvalue weighted by Gasteiger charge is -2.32. The Kier molecular flexibility index (Phi) is 15.0. The van der Waals surface area contributed by atoms with E-state index in [2.05, 4.69) is 26.6 Å². The molecule has 7 N–H and O–H groups in total. The molecule has 3 atom stereocenters. The number of ether oxygens (including phenoxy) is 1. The van der Waals surface area contributed by atoms with Gasteiger partial charge in [0.15, 0.2) is 0 Å². The van der Waals surface area contributed by atoms with Crippen LogP contribution in [0.5, 0.6) is 0 Å². The average molecular weight is 694 g/mol. The highest BCUT2D eigenvalue weighted by Gasteiger charge is 2.28. The van der Waals surface area contributed by atoms with Crippen LogP contribution in [0.4, 0.5) is 0 Å². The van der Waals surface area contributed by atoms with Gasteiger partial charge < -0.3 is 46.4 Å². The summed E-state index contributed by atoms with van der Waals surface area (Å²) in [6, 6.07) is 8.61. The van der Waals surface area contributed by atoms with E-state index in [0.717, 1.165) is 12.5 Å². The van der Waals surface area contributed by atoms with Crippen LogP contribution >= 0.6 is 0 Å². The van der Waals surface area contributed by atoms with Crippen molar-refractivity contribution in [1.82, 2.24) is 31.5 Å². The predicted octanol–water partition coefficient (Wildman–Crippen LogP) is -0.553. The fourth-order valence-electron chi connectivity index (χ4n) is 5.89. The molecule has 1 aromatic carbocycles. The molecule has 15 nitrogen and oxygen atoms in total. The molecule has 2 bridgehead atoms. The largest absolute Gasteiger partial charge is 0.469 e. The number of carbonyl (C=O) groups excluding carboxylic acids is 6. The first kappa shape index (κ1) is 37.8. The lowest BCUT2D eigenvalue weighted by atomic mass is 9.94. The van der Waals surface area contributed by atoms with Crippen LogP contribution in [-0.2, 0) is 52.9 Å². The Bertz CT molecular complexity index is 1500. The smallest absolute Gasteiger partial charge is 0.246 e. The zero-order chi connectivity index (χ0) is 35.7. The van der Waals surface area contributed by atoms with Crippen LogP contribution < -0.4 is 32.3 Å². The average Bonchev–Trinajstić information content (AvgIpc) is 3.62. The van der Waals surface area contributed by atoms with E-state index in [1.54, 1.807) is 41.3 Å². The Morgan fingerprint density at radius 2 is 1.78 bits per heavy atom. The van der Waals surface area contributed by atoms with Gasteiger partial charge in [0.05, 0.1) is 25.9 Å². The van der Waals surface area contributed by atoms with Crippen LogP contribution in [0.1, 0.15) is 42.6 Å². The third-order valence-corrected chi connectivity index (χ3v) is 8.43. The number of benzene rings is 1. The summed E-state index contributed by atoms with van der Waals surface area (Å²) in [7, 11) is 0. The molecule has 2 aliphatic heterocycles. The molecule has 0 radical (unpaired) electrons. The maximum Gasteiger partial charge on any atom is 0.246 e. The van der Waals surface area contributed by atoms with E-state index in [9.17, 15) is 28.8 Å². The number of carbonyl (C=O) groups is 6. The van der Waals surface area contributed by atoms with Crippen molar-refractivity contribution in [3.05, 3.63) is 71.7 Å². The third kappa shape index (κ3) is 12.5. The zero-order valence-electron chi connectivity index (χ0n) is 28.1. The van der Waals surface area contributed by atoms with Gasteiger partial charge in [0.25, 0.3) is 0 Å². The second-order valence-electron chi connectivity index (χ2n) is 12.3. The van der Waals surface area contributed by atoms with Crippen molar-refractivity contribution in [2.24, 2.45) is 11.7 Å². The van der Waals surface area contributed by atoms with Crippen molar-refractivity contribution >= 4 is 35.4 Å². The van der Waals surface area contributed by atoms with E-state index in [-0.39, 0.29) is 69.7 Å². The minimum Gasteiger partial charge on any atom is -0.469 e. The number of nitrogens with one attached hydrogen (secondary N) is 5. The molecule has 1 aromatic heterocycles. The molecular formula is C35H47N7O8. The predicted molar refractivity (Wildman–Crippen MR) is 182 cm³/mol. The second kappa shape index (κ2) is 19.8. The molecule has 6 amide bonds. The van der Waals surface area contributed by atoms with E-state index in [1.165, 1.54) is 12.3 Å². The Hall–Kier alpha value is -5.02. The van der Waals surface area contributed by atoms with Gasteiger partial charge in [-0.15, -0.1) is 0 Å². The highest BCUT2D eigenvalue weighted by Crippen LogP contribution is 2.20. The van der Waals surface area contributed by atoms with Crippen LogP contribution in [0.25, 0.3) is 0 Å². The summed E-state index contributed by atoms with van der Waals surface area (Å²) in [6.45, 7) is 2.07. The molecular weight excluding hydrogens is 646 g/mol. The highest BCUT2D eigenvalue weighted by molar-refractivity contribution is 5.97. The van der Waals surface area contributed by atoms with Crippen LogP contribution in [0.3, 0.4) is 0 Å². The molecule has 0 aliphatic carbocycles. The molecule has 2 aromatic rings. The van der Waals surface area contributed by atoms with Gasteiger partial charge in [-0.05, 0) is 48.4 Å². The number of nitrogens with zero attached hydrogens (tertiary/aromatic N) is 1. The van der Waals surface area contributed by atoms with E-state index in [4.69, 9.17) is 14.9 Å². The maximum atomic E-state index is 13.5. The summed E-state index contributed by atoms with van der Waals surface area (Å²) >= 11 is 0. The molecule has 1 unspecified atom stereocenters. The SMILES string of the molecule is NCCOCCNC(=O)[C@@H]1CCNC(=O)/C=C/C(=O)N2CCCC(CC(=O)N[C@H](Cc3ccco3)C(=O)NCc3ccccc3CC(=O)N1)C2. The lowest BCUT2D eigenvalue weighted by molar-refractivity contribution is -0.131. The molecule has 2 aliphatic rings. The molecule has 3 heterocycles. The number of hydrogen-bond acceptors (Lipinski definition) is 9. The normalized spacial score (nSPS) is 22.3. The van der Waals surface area contributed by atoms with Crippen molar-refractivity contribution in [2.45, 2.75) is 57.2 Å². The van der Waals surface area contributed by atoms with Crippen LogP contribution in [0, 0.1) is 5.92 Å². The fourth-order valence-corrected chi connectivity index (χ4v) is 5.89. The van der Waals surface area contributed by atoms with Gasteiger partial charge in [-0.3, -0.25) is 28.8 Å². The number of nitrogens with two attached hydrogens (primary N) is 1. The van der Waals surface area contributed by atoms with Gasteiger partial charge in [-0.1, -0.05) is 24.3 Å². The van der Waals surface area contributed by atoms with E-state index >= 15 is 0 Å². The first-order valence-corrected chi connectivity index (χ1v) is 17.0. The number of piperidine rings is 1. The Morgan fingerprint density at radius 1 is 0.960 bits per heavy atom. The van der Waals surface area contributed by atoms with Gasteiger partial charge in [-0.2, -0.15) is 0 Å². The Balaban J connectivity index is 1.53. The van der Waals surface area contributed by atoms with Crippen molar-refractivity contribution < 1.29 is 37.9 Å². The first-order chi connectivity index (χ1) is 24.2. The topological polar surface area (TPSA) is 214 Å². The molecule has 4 rings (SSSR count). The number of hydrogen-bond donors (Lipinski definition) is 6. The third-order valence-electron chi connectivity index (χ3n) is 8.43. The van der Waals surface area contributed by atoms with Crippen molar-refractivity contribution in [1.29, 1.82) is 0 Å². The number of rotatable bonds is 8. The molecule has 15 heteroatoms. The van der Waals surface area contributed by atoms with Gasteiger partial charge >= 0.3 is 0 Å². The van der Waals surface area contributed by atoms with Gasteiger partial charge in [-0.25, -0.2) is 0 Å². The first-order valence-electron chi connectivity index (χ1n) is 17.0. The van der Waals surface area contributed by atoms with Crippen LogP contribution in [-0.4, -0.2) is 98.4 Å². The lowest BCUT2D eigenvalue weighted by Crippen LogP contribution is -2.49. The van der Waals surface area contributed by atoms with E-state index in [1.807, 2.05) is 0 Å². The Labute approximate surface area is 291 Å². The molecule has 50 heavy (non-hydrogen) atoms. The molecule has 0 spiro atoms. The van der Waals surface area contributed by atoms with E-state index < -0.39 is 35.7 Å². The summed E-state index contributed by atoms with van der Waals surface area (Å²) < 4.78 is 10.8. The minimum absolute atomic E-state index is 0.0437. The standard InChI is InChI=1S/C35H47N7O8/c36-12-17-49-18-14-38-34(47)28-11-13-37-30(43)9-10-33(46)42-15-3-5-24(23-42)19-31(44)41-29(21-27-8-4-16-50-27)35(48)39-22-26-7-2-1-6-25(26)20-32(45)40-28/h1-2,4,6-10,16,24,28-29H,3,5,11-15,17-23,36H2,(H,37,43)(H,38,47)(H,39,48)(H,40,45)(H,41,44)/b10-9+/t24?,28-,29+/m0/s1. The Morgan fingerprint density at radius 3 is 2.56 bits per heavy atom. The zero-order valence-corrected chi connectivity index (χ0v) is 28.1. The van der Waals surface area contributed by atoms with Gasteiger partial charge in [0, 0.05) is 64.3 Å². The summed E-state index contributed by atoms with van der Waals surface area (Å²) in [5.74, 6) is -2.15. The molecule has 1 saturated heterocycles. The molecule has 0 saturated carbocycles. The van der Waals surface area contributed by atoms with Crippen molar-refractivity contribution in [3.8, 4) is 0 Å². The number of fused-ring (bicyclic) bond motifs is 3. The highest BCUT2D eigenvalue weighted by atomic mass is 16.5. The van der Waals surface area contributed by atoms with E-state index in [0.29, 0.717) is 49.5 Å². The van der Waals surface area contributed by atoms with Crippen molar-refractivity contribution in [2.75, 3.05) is 45.9 Å². The summed E-state index contributed by atoms with van der Waals surface area (Å²) in [5.41, 5.74) is 6.75.